The molecule has 9 heteroatoms. The lowest BCUT2D eigenvalue weighted by Gasteiger charge is -2.29. The summed E-state index contributed by atoms with van der Waals surface area (Å²) in [7, 11) is 0. The maximum atomic E-state index is 12.8. The van der Waals surface area contributed by atoms with Crippen molar-refractivity contribution < 1.29 is 24.3 Å². The molecule has 148 valence electrons. The van der Waals surface area contributed by atoms with Crippen molar-refractivity contribution in [1.29, 1.82) is 0 Å². The van der Waals surface area contributed by atoms with Crippen LogP contribution in [0, 0.1) is 0 Å². The van der Waals surface area contributed by atoms with Gasteiger partial charge in [-0.15, -0.1) is 0 Å². The Labute approximate surface area is 161 Å². The Kier molecular flexibility index (Phi) is 4.96. The van der Waals surface area contributed by atoms with Gasteiger partial charge in [0, 0.05) is 25.6 Å². The number of β-amino-alcohol motifs (C(OH)–C–C–N with tert-alkyl or cyclic N) is 1. The molecule has 4 amide bonds. The largest absolute Gasteiger partial charge is 0.390 e. The van der Waals surface area contributed by atoms with E-state index in [-0.39, 0.29) is 30.0 Å². The van der Waals surface area contributed by atoms with E-state index >= 15 is 0 Å². The number of hydrogen-bond acceptors (Lipinski definition) is 7. The molecule has 3 atom stereocenters. The SMILES string of the molecule is O=C1CCC(N2C(=O)c3ccc(CNC4CCNCC4O)cc3C2=O)C(=O)N1. The number of benzene rings is 1. The second-order valence-corrected chi connectivity index (χ2v) is 7.37. The summed E-state index contributed by atoms with van der Waals surface area (Å²) in [6.07, 6.45) is 0.553. The number of hydrogen-bond donors (Lipinski definition) is 4. The van der Waals surface area contributed by atoms with Gasteiger partial charge in [-0.25, -0.2) is 0 Å². The van der Waals surface area contributed by atoms with Gasteiger partial charge < -0.3 is 15.7 Å². The molecule has 3 unspecified atom stereocenters. The first kappa shape index (κ1) is 18.7. The smallest absolute Gasteiger partial charge is 0.262 e. The molecule has 2 fully saturated rings. The highest BCUT2D eigenvalue weighted by molar-refractivity contribution is 6.23. The second-order valence-electron chi connectivity index (χ2n) is 7.37. The molecule has 3 aliphatic rings. The molecule has 0 bridgehead atoms. The number of aliphatic hydroxyl groups excluding tert-OH is 1. The van der Waals surface area contributed by atoms with Crippen molar-refractivity contribution in [1.82, 2.24) is 20.9 Å². The average Bonchev–Trinajstić information content (AvgIpc) is 2.92. The van der Waals surface area contributed by atoms with Gasteiger partial charge in [-0.3, -0.25) is 29.4 Å². The van der Waals surface area contributed by atoms with E-state index in [0.29, 0.717) is 13.1 Å². The number of nitrogens with zero attached hydrogens (tertiary/aromatic N) is 1. The van der Waals surface area contributed by atoms with E-state index in [1.165, 1.54) is 0 Å². The Morgan fingerprint density at radius 1 is 1.11 bits per heavy atom. The van der Waals surface area contributed by atoms with Gasteiger partial charge in [-0.2, -0.15) is 0 Å². The molecule has 3 aliphatic heterocycles. The third kappa shape index (κ3) is 3.32. The molecule has 1 aromatic carbocycles. The number of nitrogens with one attached hydrogen (secondary N) is 3. The van der Waals surface area contributed by atoms with Crippen LogP contribution in [-0.4, -0.2) is 64.9 Å². The van der Waals surface area contributed by atoms with Crippen LogP contribution in [0.15, 0.2) is 18.2 Å². The lowest BCUT2D eigenvalue weighted by Crippen LogP contribution is -2.54. The molecule has 0 aliphatic carbocycles. The molecule has 0 saturated carbocycles. The summed E-state index contributed by atoms with van der Waals surface area (Å²) in [5.41, 5.74) is 1.34. The predicted molar refractivity (Wildman–Crippen MR) is 97.2 cm³/mol. The molecule has 9 nitrogen and oxygen atoms in total. The Morgan fingerprint density at radius 2 is 1.89 bits per heavy atom. The lowest BCUT2D eigenvalue weighted by molar-refractivity contribution is -0.136. The molecule has 0 aromatic heterocycles. The highest BCUT2D eigenvalue weighted by Gasteiger charge is 2.44. The highest BCUT2D eigenvalue weighted by Crippen LogP contribution is 2.28. The minimum absolute atomic E-state index is 0.0354. The van der Waals surface area contributed by atoms with Gasteiger partial charge in [0.15, 0.2) is 0 Å². The summed E-state index contributed by atoms with van der Waals surface area (Å²) in [5, 5.41) is 18.6. The van der Waals surface area contributed by atoms with E-state index in [2.05, 4.69) is 16.0 Å². The monoisotopic (exact) mass is 386 g/mol. The molecule has 28 heavy (non-hydrogen) atoms. The number of aliphatic hydroxyl groups is 1. The summed E-state index contributed by atoms with van der Waals surface area (Å²) in [4.78, 5) is 49.9. The van der Waals surface area contributed by atoms with Crippen LogP contribution in [0.2, 0.25) is 0 Å². The normalized spacial score (nSPS) is 27.8. The van der Waals surface area contributed by atoms with Crippen molar-refractivity contribution in [3.63, 3.8) is 0 Å². The van der Waals surface area contributed by atoms with Gasteiger partial charge in [-0.05, 0) is 37.1 Å². The maximum absolute atomic E-state index is 12.8. The first-order chi connectivity index (χ1) is 13.5. The first-order valence-corrected chi connectivity index (χ1v) is 9.42. The van der Waals surface area contributed by atoms with Crippen LogP contribution in [0.3, 0.4) is 0 Å². The van der Waals surface area contributed by atoms with Gasteiger partial charge in [0.1, 0.15) is 6.04 Å². The van der Waals surface area contributed by atoms with E-state index in [4.69, 9.17) is 0 Å². The van der Waals surface area contributed by atoms with Crippen LogP contribution in [-0.2, 0) is 16.1 Å². The summed E-state index contributed by atoms with van der Waals surface area (Å²) < 4.78 is 0. The number of amides is 4. The number of piperidine rings is 2. The zero-order valence-corrected chi connectivity index (χ0v) is 15.2. The Morgan fingerprint density at radius 3 is 2.64 bits per heavy atom. The number of rotatable bonds is 4. The van der Waals surface area contributed by atoms with Gasteiger partial charge in [0.2, 0.25) is 11.8 Å². The minimum atomic E-state index is -0.962. The molecule has 0 spiro atoms. The third-order valence-corrected chi connectivity index (χ3v) is 5.52. The standard InChI is InChI=1S/C19H22N4O5/c24-15-9-20-6-5-13(15)21-8-10-1-2-11-12(7-10)19(28)23(18(11)27)14-3-4-16(25)22-17(14)26/h1-2,7,13-15,20-21,24H,3-6,8-9H2,(H,22,25,26). The fourth-order valence-corrected chi connectivity index (χ4v) is 3.96. The minimum Gasteiger partial charge on any atom is -0.390 e. The zero-order chi connectivity index (χ0) is 19.8. The topological polar surface area (TPSA) is 128 Å². The Hall–Kier alpha value is -2.62. The van der Waals surface area contributed by atoms with E-state index < -0.39 is 35.8 Å². The molecular weight excluding hydrogens is 364 g/mol. The molecule has 4 N–H and O–H groups in total. The van der Waals surface area contributed by atoms with E-state index in [1.807, 2.05) is 0 Å². The Bertz CT molecular complexity index is 855. The van der Waals surface area contributed by atoms with Crippen LogP contribution in [0.1, 0.15) is 45.5 Å². The Balaban J connectivity index is 1.49. The van der Waals surface area contributed by atoms with Crippen molar-refractivity contribution in [2.24, 2.45) is 0 Å². The number of carbonyl (C=O) groups excluding carboxylic acids is 4. The van der Waals surface area contributed by atoms with Crippen LogP contribution >= 0.6 is 0 Å². The van der Waals surface area contributed by atoms with Crippen molar-refractivity contribution in [2.45, 2.75) is 44.0 Å². The number of carbonyl (C=O) groups is 4. The van der Waals surface area contributed by atoms with E-state index in [0.717, 1.165) is 23.4 Å². The average molecular weight is 386 g/mol. The summed E-state index contributed by atoms with van der Waals surface area (Å²) in [5.74, 6) is -2.04. The van der Waals surface area contributed by atoms with E-state index in [1.54, 1.807) is 18.2 Å². The summed E-state index contributed by atoms with van der Waals surface area (Å²) in [6, 6.07) is 4.01. The maximum Gasteiger partial charge on any atom is 0.262 e. The highest BCUT2D eigenvalue weighted by atomic mass is 16.3. The van der Waals surface area contributed by atoms with Crippen LogP contribution in [0.5, 0.6) is 0 Å². The van der Waals surface area contributed by atoms with Crippen LogP contribution in [0.4, 0.5) is 0 Å². The second kappa shape index (κ2) is 7.42. The van der Waals surface area contributed by atoms with Crippen LogP contribution in [0.25, 0.3) is 0 Å². The van der Waals surface area contributed by atoms with Crippen LogP contribution < -0.4 is 16.0 Å². The molecule has 1 aromatic rings. The lowest BCUT2D eigenvalue weighted by atomic mass is 10.0. The third-order valence-electron chi connectivity index (χ3n) is 5.52. The van der Waals surface area contributed by atoms with Crippen molar-refractivity contribution >= 4 is 23.6 Å². The molecular formula is C19H22N4O5. The molecule has 4 rings (SSSR count). The zero-order valence-electron chi connectivity index (χ0n) is 15.2. The quantitative estimate of drug-likeness (QED) is 0.484. The van der Waals surface area contributed by atoms with Gasteiger partial charge in [0.05, 0.1) is 17.2 Å². The van der Waals surface area contributed by atoms with Crippen molar-refractivity contribution in [3.05, 3.63) is 34.9 Å². The number of fused-ring (bicyclic) bond motifs is 1. The molecule has 0 radical (unpaired) electrons. The summed E-state index contributed by atoms with van der Waals surface area (Å²) >= 11 is 0. The van der Waals surface area contributed by atoms with Crippen molar-refractivity contribution in [2.75, 3.05) is 13.1 Å². The predicted octanol–water partition coefficient (Wildman–Crippen LogP) is -1.10. The fourth-order valence-electron chi connectivity index (χ4n) is 3.96. The molecule has 2 saturated heterocycles. The molecule has 3 heterocycles. The van der Waals surface area contributed by atoms with Gasteiger partial charge in [0.25, 0.3) is 11.8 Å². The fraction of sp³-hybridized carbons (Fsp3) is 0.474. The van der Waals surface area contributed by atoms with E-state index in [9.17, 15) is 24.3 Å². The van der Waals surface area contributed by atoms with Gasteiger partial charge in [-0.1, -0.05) is 6.07 Å². The van der Waals surface area contributed by atoms with Crippen molar-refractivity contribution in [3.8, 4) is 0 Å². The summed E-state index contributed by atoms with van der Waals surface area (Å²) in [6.45, 7) is 1.82. The first-order valence-electron chi connectivity index (χ1n) is 9.42. The number of imide groups is 2. The van der Waals surface area contributed by atoms with Gasteiger partial charge >= 0.3 is 0 Å².